The van der Waals surface area contributed by atoms with Gasteiger partial charge in [0.25, 0.3) is 5.09 Å². The lowest BCUT2D eigenvalue weighted by atomic mass is 9.95. The minimum atomic E-state index is -0.834. The molecule has 0 aliphatic heterocycles. The third-order valence-corrected chi connectivity index (χ3v) is 1.89. The van der Waals surface area contributed by atoms with E-state index in [2.05, 4.69) is 4.84 Å². The van der Waals surface area contributed by atoms with Crippen LogP contribution in [0.15, 0.2) is 0 Å². The van der Waals surface area contributed by atoms with Crippen molar-refractivity contribution in [2.45, 2.75) is 37.9 Å². The van der Waals surface area contributed by atoms with Gasteiger partial charge in [-0.3, -0.25) is 0 Å². The zero-order chi connectivity index (χ0) is 8.27. The Morgan fingerprint density at radius 3 is 2.64 bits per heavy atom. The topological polar surface area (TPSA) is 72.6 Å². The molecule has 1 saturated carbocycles. The Balaban J connectivity index is 2.35. The third-order valence-electron chi connectivity index (χ3n) is 1.89. The van der Waals surface area contributed by atoms with E-state index in [1.807, 2.05) is 0 Å². The highest BCUT2D eigenvalue weighted by atomic mass is 17.0. The average molecular weight is 161 g/mol. The molecule has 1 rings (SSSR count). The Morgan fingerprint density at radius 2 is 2.09 bits per heavy atom. The summed E-state index contributed by atoms with van der Waals surface area (Å²) in [4.78, 5) is 14.2. The van der Waals surface area contributed by atoms with Gasteiger partial charge in [0.2, 0.25) is 0 Å². The second-order valence-corrected chi connectivity index (χ2v) is 2.72. The molecule has 0 radical (unpaired) electrons. The van der Waals surface area contributed by atoms with Crippen LogP contribution in [-0.4, -0.2) is 22.4 Å². The molecule has 0 aromatic heterocycles. The first-order chi connectivity index (χ1) is 5.20. The van der Waals surface area contributed by atoms with E-state index in [0.717, 1.165) is 12.8 Å². The molecule has 0 aromatic rings. The number of aliphatic hydroxyl groups excluding tert-OH is 1. The maximum atomic E-state index is 9.89. The Kier molecular flexibility index (Phi) is 2.64. The van der Waals surface area contributed by atoms with Crippen LogP contribution in [0.25, 0.3) is 0 Å². The zero-order valence-electron chi connectivity index (χ0n) is 6.10. The minimum Gasteiger partial charge on any atom is -0.391 e. The summed E-state index contributed by atoms with van der Waals surface area (Å²) in [6.45, 7) is 0. The normalized spacial score (nSPS) is 31.4. The van der Waals surface area contributed by atoms with Crippen LogP contribution in [0, 0.1) is 10.1 Å². The smallest absolute Gasteiger partial charge is 0.294 e. The monoisotopic (exact) mass is 161 g/mol. The average Bonchev–Trinajstić information content (AvgIpc) is 1.93. The molecule has 5 heteroatoms. The van der Waals surface area contributed by atoms with Gasteiger partial charge < -0.3 is 9.94 Å². The molecule has 0 bridgehead atoms. The first-order valence-electron chi connectivity index (χ1n) is 3.69. The largest absolute Gasteiger partial charge is 0.391 e. The third kappa shape index (κ3) is 2.34. The van der Waals surface area contributed by atoms with Crippen LogP contribution >= 0.6 is 0 Å². The summed E-state index contributed by atoms with van der Waals surface area (Å²) in [6, 6.07) is 0. The summed E-state index contributed by atoms with van der Waals surface area (Å²) in [5.41, 5.74) is 0. The predicted molar refractivity (Wildman–Crippen MR) is 36.3 cm³/mol. The van der Waals surface area contributed by atoms with Crippen molar-refractivity contribution in [1.29, 1.82) is 0 Å². The maximum absolute atomic E-state index is 9.89. The first-order valence-corrected chi connectivity index (χ1v) is 3.69. The summed E-state index contributed by atoms with van der Waals surface area (Å²) in [5.74, 6) is 0. The second-order valence-electron chi connectivity index (χ2n) is 2.72. The molecule has 11 heavy (non-hydrogen) atoms. The zero-order valence-corrected chi connectivity index (χ0v) is 6.10. The lowest BCUT2D eigenvalue weighted by Gasteiger charge is -2.24. The van der Waals surface area contributed by atoms with Gasteiger partial charge in [0.15, 0.2) is 0 Å². The van der Waals surface area contributed by atoms with Gasteiger partial charge in [-0.25, -0.2) is 0 Å². The summed E-state index contributed by atoms with van der Waals surface area (Å²) >= 11 is 0. The van der Waals surface area contributed by atoms with Crippen molar-refractivity contribution in [2.24, 2.45) is 0 Å². The lowest BCUT2D eigenvalue weighted by molar-refractivity contribution is -0.771. The fourth-order valence-electron chi connectivity index (χ4n) is 1.31. The molecule has 0 heterocycles. The van der Waals surface area contributed by atoms with Crippen LogP contribution < -0.4 is 0 Å². The molecule has 1 N–H and O–H groups in total. The van der Waals surface area contributed by atoms with Crippen LogP contribution in [0.4, 0.5) is 0 Å². The maximum Gasteiger partial charge on any atom is 0.294 e. The van der Waals surface area contributed by atoms with Gasteiger partial charge in [-0.05, 0) is 12.8 Å². The number of hydrogen-bond donors (Lipinski definition) is 1. The number of rotatable bonds is 2. The molecule has 0 amide bonds. The summed E-state index contributed by atoms with van der Waals surface area (Å²) in [5, 5.41) is 18.2. The van der Waals surface area contributed by atoms with Gasteiger partial charge in [-0.2, -0.15) is 0 Å². The van der Waals surface area contributed by atoms with Crippen molar-refractivity contribution in [2.75, 3.05) is 0 Å². The molecule has 2 atom stereocenters. The molecule has 0 saturated heterocycles. The minimum absolute atomic E-state index is 0.585. The molecule has 1 fully saturated rings. The van der Waals surface area contributed by atoms with Gasteiger partial charge in [-0.15, -0.1) is 10.1 Å². The van der Waals surface area contributed by atoms with Crippen LogP contribution in [0.5, 0.6) is 0 Å². The predicted octanol–water partition coefficient (Wildman–Crippen LogP) is 0.498. The van der Waals surface area contributed by atoms with E-state index in [1.165, 1.54) is 0 Å². The van der Waals surface area contributed by atoms with E-state index in [1.54, 1.807) is 0 Å². The summed E-state index contributed by atoms with van der Waals surface area (Å²) in [7, 11) is 0. The molecule has 0 unspecified atom stereocenters. The van der Waals surface area contributed by atoms with Crippen LogP contribution in [-0.2, 0) is 4.84 Å². The van der Waals surface area contributed by atoms with E-state index in [4.69, 9.17) is 0 Å². The van der Waals surface area contributed by atoms with Crippen molar-refractivity contribution in [1.82, 2.24) is 0 Å². The van der Waals surface area contributed by atoms with Gasteiger partial charge in [0.05, 0.1) is 6.10 Å². The molecule has 5 nitrogen and oxygen atoms in total. The Hall–Kier alpha value is -0.840. The van der Waals surface area contributed by atoms with Crippen molar-refractivity contribution < 1.29 is 15.0 Å². The SMILES string of the molecule is O=[N+]([O-])O[C@@H]1CCCC[C@H]1O. The highest BCUT2D eigenvalue weighted by Crippen LogP contribution is 2.20. The quantitative estimate of drug-likeness (QED) is 0.472. The number of aliphatic hydroxyl groups is 1. The van der Waals surface area contributed by atoms with Crippen molar-refractivity contribution in [3.8, 4) is 0 Å². The Morgan fingerprint density at radius 1 is 1.45 bits per heavy atom. The summed E-state index contributed by atoms with van der Waals surface area (Å²) < 4.78 is 0. The van der Waals surface area contributed by atoms with Gasteiger partial charge >= 0.3 is 0 Å². The van der Waals surface area contributed by atoms with Crippen molar-refractivity contribution in [3.05, 3.63) is 10.1 Å². The molecule has 0 spiro atoms. The number of nitrogens with zero attached hydrogens (tertiary/aromatic N) is 1. The number of hydrogen-bond acceptors (Lipinski definition) is 4. The van der Waals surface area contributed by atoms with E-state index >= 15 is 0 Å². The Bertz CT molecular complexity index is 150. The van der Waals surface area contributed by atoms with Crippen LogP contribution in [0.3, 0.4) is 0 Å². The molecule has 1 aliphatic rings. The van der Waals surface area contributed by atoms with E-state index in [9.17, 15) is 15.2 Å². The van der Waals surface area contributed by atoms with Gasteiger partial charge in [0, 0.05) is 0 Å². The fourth-order valence-corrected chi connectivity index (χ4v) is 1.31. The van der Waals surface area contributed by atoms with Crippen LogP contribution in [0.2, 0.25) is 0 Å². The van der Waals surface area contributed by atoms with Gasteiger partial charge in [-0.1, -0.05) is 12.8 Å². The second kappa shape index (κ2) is 3.52. The van der Waals surface area contributed by atoms with Crippen molar-refractivity contribution in [3.63, 3.8) is 0 Å². The standard InChI is InChI=1S/C6H11NO4/c8-5-3-1-2-4-6(5)11-7(9)10/h5-6,8H,1-4H2/t5-,6-/m1/s1. The fraction of sp³-hybridized carbons (Fsp3) is 1.00. The molecule has 64 valence electrons. The molecular weight excluding hydrogens is 150 g/mol. The first kappa shape index (κ1) is 8.26. The summed E-state index contributed by atoms with van der Waals surface area (Å²) in [6.07, 6.45) is 1.77. The van der Waals surface area contributed by atoms with Crippen molar-refractivity contribution >= 4 is 0 Å². The van der Waals surface area contributed by atoms with Crippen LogP contribution in [0.1, 0.15) is 25.7 Å². The molecule has 1 aliphatic carbocycles. The molecular formula is C6H11NO4. The van der Waals surface area contributed by atoms with E-state index in [-0.39, 0.29) is 0 Å². The highest BCUT2D eigenvalue weighted by Gasteiger charge is 2.25. The van der Waals surface area contributed by atoms with E-state index in [0.29, 0.717) is 12.8 Å². The van der Waals surface area contributed by atoms with E-state index < -0.39 is 17.3 Å². The Labute approximate surface area is 64.1 Å². The highest BCUT2D eigenvalue weighted by molar-refractivity contribution is 4.73. The molecule has 0 aromatic carbocycles. The lowest BCUT2D eigenvalue weighted by Crippen LogP contribution is -2.33. The van der Waals surface area contributed by atoms with Gasteiger partial charge in [0.1, 0.15) is 6.10 Å².